The third-order valence-corrected chi connectivity index (χ3v) is 3.03. The summed E-state index contributed by atoms with van der Waals surface area (Å²) in [7, 11) is 3.61. The van der Waals surface area contributed by atoms with Gasteiger partial charge in [0.2, 0.25) is 0 Å². The van der Waals surface area contributed by atoms with Crippen molar-refractivity contribution in [2.24, 2.45) is 0 Å². The largest absolute Gasteiger partial charge is 0.340 e. The van der Waals surface area contributed by atoms with Gasteiger partial charge in [-0.1, -0.05) is 27.5 Å². The second-order valence-corrected chi connectivity index (χ2v) is 4.78. The molecule has 1 rings (SSSR count). The normalized spacial score (nSPS) is 10.2. The predicted molar refractivity (Wildman–Crippen MR) is 70.0 cm³/mol. The van der Waals surface area contributed by atoms with E-state index in [1.165, 1.54) is 0 Å². The number of nitrogens with zero attached hydrogens (tertiary/aromatic N) is 1. The van der Waals surface area contributed by atoms with Gasteiger partial charge in [0.25, 0.3) is 5.91 Å². The Balaban J connectivity index is 2.83. The maximum Gasteiger partial charge on any atom is 0.255 e. The number of likely N-dealkylation sites (N-methyl/N-ethyl adjacent to an activating group) is 2. The highest BCUT2D eigenvalue weighted by Crippen LogP contribution is 2.21. The zero-order chi connectivity index (χ0) is 12.1. The highest BCUT2D eigenvalue weighted by Gasteiger charge is 2.14. The van der Waals surface area contributed by atoms with E-state index in [9.17, 15) is 4.79 Å². The van der Waals surface area contributed by atoms with Crippen LogP contribution in [0.4, 0.5) is 0 Å². The molecule has 0 unspecified atom stereocenters. The Hall–Kier alpha value is -0.580. The van der Waals surface area contributed by atoms with Crippen LogP contribution in [0, 0.1) is 0 Å². The topological polar surface area (TPSA) is 32.3 Å². The number of nitrogens with one attached hydrogen (secondary N) is 1. The lowest BCUT2D eigenvalue weighted by atomic mass is 10.2. The van der Waals surface area contributed by atoms with Crippen molar-refractivity contribution in [3.63, 3.8) is 0 Å². The monoisotopic (exact) mass is 304 g/mol. The molecular formula is C11H14BrClN2O. The molecule has 1 N–H and O–H groups in total. The average Bonchev–Trinajstić information content (AvgIpc) is 2.28. The summed E-state index contributed by atoms with van der Waals surface area (Å²) in [6.07, 6.45) is 0. The third-order valence-electron chi connectivity index (χ3n) is 2.20. The Morgan fingerprint density at radius 3 is 2.88 bits per heavy atom. The smallest absolute Gasteiger partial charge is 0.255 e. The summed E-state index contributed by atoms with van der Waals surface area (Å²) < 4.78 is 0.849. The van der Waals surface area contributed by atoms with E-state index in [2.05, 4.69) is 21.2 Å². The Morgan fingerprint density at radius 1 is 1.56 bits per heavy atom. The van der Waals surface area contributed by atoms with E-state index in [0.717, 1.165) is 11.0 Å². The molecule has 0 bridgehead atoms. The Kier molecular flexibility index (Phi) is 5.25. The Bertz CT molecular complexity index is 384. The van der Waals surface area contributed by atoms with Gasteiger partial charge in [-0.25, -0.2) is 0 Å². The van der Waals surface area contributed by atoms with Crippen LogP contribution >= 0.6 is 27.5 Å². The fourth-order valence-electron chi connectivity index (χ4n) is 1.25. The number of carbonyl (C=O) groups is 1. The van der Waals surface area contributed by atoms with Crippen molar-refractivity contribution in [1.82, 2.24) is 10.2 Å². The van der Waals surface area contributed by atoms with Crippen LogP contribution in [0.25, 0.3) is 0 Å². The number of hydrogen-bond acceptors (Lipinski definition) is 2. The van der Waals surface area contributed by atoms with Crippen LogP contribution in [-0.4, -0.2) is 38.0 Å². The number of carbonyl (C=O) groups excluding carboxylic acids is 1. The zero-order valence-corrected chi connectivity index (χ0v) is 11.6. The molecule has 0 aromatic heterocycles. The fraction of sp³-hybridized carbons (Fsp3) is 0.364. The zero-order valence-electron chi connectivity index (χ0n) is 9.26. The summed E-state index contributed by atoms with van der Waals surface area (Å²) >= 11 is 9.31. The summed E-state index contributed by atoms with van der Waals surface area (Å²) in [5, 5.41) is 3.47. The summed E-state index contributed by atoms with van der Waals surface area (Å²) in [5.74, 6) is -0.0680. The first-order chi connectivity index (χ1) is 7.56. The van der Waals surface area contributed by atoms with Crippen molar-refractivity contribution in [3.8, 4) is 0 Å². The number of benzene rings is 1. The number of hydrogen-bond donors (Lipinski definition) is 1. The molecule has 0 aliphatic carbocycles. The number of rotatable bonds is 4. The molecule has 1 amide bonds. The van der Waals surface area contributed by atoms with Gasteiger partial charge in [-0.2, -0.15) is 0 Å². The van der Waals surface area contributed by atoms with Crippen molar-refractivity contribution in [1.29, 1.82) is 0 Å². The number of halogens is 2. The summed E-state index contributed by atoms with van der Waals surface area (Å²) in [6.45, 7) is 1.41. The molecule has 5 heteroatoms. The average molecular weight is 306 g/mol. The molecule has 88 valence electrons. The van der Waals surface area contributed by atoms with E-state index in [-0.39, 0.29) is 5.91 Å². The number of amides is 1. The molecule has 0 aliphatic rings. The quantitative estimate of drug-likeness (QED) is 0.926. The first kappa shape index (κ1) is 13.5. The molecule has 0 saturated carbocycles. The van der Waals surface area contributed by atoms with Gasteiger partial charge in [0.1, 0.15) is 0 Å². The Morgan fingerprint density at radius 2 is 2.25 bits per heavy atom. The van der Waals surface area contributed by atoms with Crippen molar-refractivity contribution >= 4 is 33.4 Å². The van der Waals surface area contributed by atoms with Crippen LogP contribution < -0.4 is 5.32 Å². The van der Waals surface area contributed by atoms with Crippen molar-refractivity contribution in [3.05, 3.63) is 33.3 Å². The standard InChI is InChI=1S/C11H14BrClN2O/c1-14-5-6-15(2)11(16)9-7-8(12)3-4-10(9)13/h3-4,7,14H,5-6H2,1-2H3. The van der Waals surface area contributed by atoms with E-state index in [0.29, 0.717) is 17.1 Å². The molecule has 16 heavy (non-hydrogen) atoms. The minimum Gasteiger partial charge on any atom is -0.340 e. The Labute approximate surface area is 109 Å². The summed E-state index contributed by atoms with van der Waals surface area (Å²) in [5.41, 5.74) is 0.523. The van der Waals surface area contributed by atoms with Crippen LogP contribution in [0.1, 0.15) is 10.4 Å². The first-order valence-corrected chi connectivity index (χ1v) is 6.08. The van der Waals surface area contributed by atoms with Crippen LogP contribution in [-0.2, 0) is 0 Å². The lowest BCUT2D eigenvalue weighted by Crippen LogP contribution is -2.32. The molecule has 0 fully saturated rings. The van der Waals surface area contributed by atoms with E-state index < -0.39 is 0 Å². The van der Waals surface area contributed by atoms with Crippen LogP contribution in [0.2, 0.25) is 5.02 Å². The van der Waals surface area contributed by atoms with E-state index in [4.69, 9.17) is 11.6 Å². The summed E-state index contributed by atoms with van der Waals surface area (Å²) in [6, 6.07) is 5.26. The molecular weight excluding hydrogens is 291 g/mol. The fourth-order valence-corrected chi connectivity index (χ4v) is 1.81. The van der Waals surface area contributed by atoms with Gasteiger partial charge in [0, 0.05) is 24.6 Å². The molecule has 0 spiro atoms. The van der Waals surface area contributed by atoms with Gasteiger partial charge < -0.3 is 10.2 Å². The second-order valence-electron chi connectivity index (χ2n) is 3.45. The first-order valence-electron chi connectivity index (χ1n) is 4.91. The van der Waals surface area contributed by atoms with Crippen LogP contribution in [0.15, 0.2) is 22.7 Å². The van der Waals surface area contributed by atoms with Crippen molar-refractivity contribution < 1.29 is 4.79 Å². The van der Waals surface area contributed by atoms with Gasteiger partial charge >= 0.3 is 0 Å². The molecule has 0 aliphatic heterocycles. The maximum atomic E-state index is 12.0. The highest BCUT2D eigenvalue weighted by atomic mass is 79.9. The minimum absolute atomic E-state index is 0.0680. The maximum absolute atomic E-state index is 12.0. The second kappa shape index (κ2) is 6.23. The molecule has 0 saturated heterocycles. The molecule has 1 aromatic rings. The molecule has 1 aromatic carbocycles. The lowest BCUT2D eigenvalue weighted by molar-refractivity contribution is 0.0797. The molecule has 3 nitrogen and oxygen atoms in total. The predicted octanol–water partition coefficient (Wildman–Crippen LogP) is 2.39. The third kappa shape index (κ3) is 3.47. The minimum atomic E-state index is -0.0680. The molecule has 0 atom stereocenters. The van der Waals surface area contributed by atoms with Gasteiger partial charge in [0.15, 0.2) is 0 Å². The van der Waals surface area contributed by atoms with Gasteiger partial charge in [-0.3, -0.25) is 4.79 Å². The van der Waals surface area contributed by atoms with Crippen molar-refractivity contribution in [2.75, 3.05) is 27.2 Å². The van der Waals surface area contributed by atoms with E-state index in [1.54, 1.807) is 24.1 Å². The van der Waals surface area contributed by atoms with Gasteiger partial charge in [-0.05, 0) is 25.2 Å². The molecule has 0 heterocycles. The van der Waals surface area contributed by atoms with Crippen LogP contribution in [0.5, 0.6) is 0 Å². The summed E-state index contributed by atoms with van der Waals surface area (Å²) in [4.78, 5) is 13.7. The lowest BCUT2D eigenvalue weighted by Gasteiger charge is -2.17. The van der Waals surface area contributed by atoms with Crippen molar-refractivity contribution in [2.45, 2.75) is 0 Å². The van der Waals surface area contributed by atoms with Gasteiger partial charge in [0.05, 0.1) is 10.6 Å². The van der Waals surface area contributed by atoms with E-state index >= 15 is 0 Å². The molecule has 0 radical (unpaired) electrons. The van der Waals surface area contributed by atoms with Crippen LogP contribution in [0.3, 0.4) is 0 Å². The SMILES string of the molecule is CNCCN(C)C(=O)c1cc(Br)ccc1Cl. The highest BCUT2D eigenvalue weighted by molar-refractivity contribution is 9.10. The van der Waals surface area contributed by atoms with Gasteiger partial charge in [-0.15, -0.1) is 0 Å². The van der Waals surface area contributed by atoms with E-state index in [1.807, 2.05) is 13.1 Å².